The number of aryl methyl sites for hydroxylation is 2. The molecule has 0 radical (unpaired) electrons. The number of nitrogens with zero attached hydrogens (tertiary/aromatic N) is 3. The Morgan fingerprint density at radius 2 is 1.97 bits per heavy atom. The van der Waals surface area contributed by atoms with Crippen LogP contribution in [-0.2, 0) is 13.6 Å². The molecule has 2 N–H and O–H groups in total. The van der Waals surface area contributed by atoms with E-state index in [2.05, 4.69) is 10.3 Å². The van der Waals surface area contributed by atoms with E-state index < -0.39 is 6.09 Å². The molecule has 0 aliphatic rings. The maximum atomic E-state index is 13.6. The van der Waals surface area contributed by atoms with Gasteiger partial charge in [0, 0.05) is 25.0 Å². The number of carboxylic acid groups (broad SMARTS) is 1. The first kappa shape index (κ1) is 23.8. The molecule has 0 fully saturated rings. The fourth-order valence-electron chi connectivity index (χ4n) is 3.50. The molecule has 8 nitrogen and oxygen atoms in total. The van der Waals surface area contributed by atoms with Crippen molar-refractivity contribution in [1.29, 1.82) is 0 Å². The van der Waals surface area contributed by atoms with Crippen molar-refractivity contribution in [1.82, 2.24) is 14.5 Å². The highest BCUT2D eigenvalue weighted by Gasteiger charge is 2.15. The monoisotopic (exact) mass is 454 g/mol. The molecule has 9 heteroatoms. The Balaban J connectivity index is 1.89. The number of hydrogen-bond donors (Lipinski definition) is 2. The predicted octanol–water partition coefficient (Wildman–Crippen LogP) is 3.79. The lowest BCUT2D eigenvalue weighted by Crippen LogP contribution is -2.27. The maximum Gasteiger partial charge on any atom is 0.434 e. The van der Waals surface area contributed by atoms with Crippen molar-refractivity contribution in [2.24, 2.45) is 12.0 Å². The number of halogens is 1. The molecule has 0 bridgehead atoms. The Labute approximate surface area is 191 Å². The zero-order valence-corrected chi connectivity index (χ0v) is 19.0. The van der Waals surface area contributed by atoms with E-state index in [1.54, 1.807) is 65.8 Å². The highest BCUT2D eigenvalue weighted by Crippen LogP contribution is 2.21. The van der Waals surface area contributed by atoms with Gasteiger partial charge in [0.05, 0.1) is 19.2 Å². The van der Waals surface area contributed by atoms with Gasteiger partial charge in [0.15, 0.2) is 0 Å². The van der Waals surface area contributed by atoms with E-state index in [0.29, 0.717) is 30.0 Å². The Kier molecular flexibility index (Phi) is 7.32. The number of amides is 2. The molecular formula is C24H27FN4O4. The number of hydrogen-bond acceptors (Lipinski definition) is 3. The highest BCUT2D eigenvalue weighted by molar-refractivity contribution is 5.95. The van der Waals surface area contributed by atoms with Gasteiger partial charge in [-0.15, -0.1) is 4.99 Å². The van der Waals surface area contributed by atoms with Crippen LogP contribution in [-0.4, -0.2) is 32.8 Å². The molecule has 2 amide bonds. The normalized spacial score (nSPS) is 12.5. The second-order valence-corrected chi connectivity index (χ2v) is 7.73. The number of carbonyl (C=O) groups excluding carboxylic acids is 1. The third-order valence-corrected chi connectivity index (χ3v) is 5.16. The number of benzene rings is 2. The van der Waals surface area contributed by atoms with Gasteiger partial charge >= 0.3 is 6.09 Å². The van der Waals surface area contributed by atoms with Crippen molar-refractivity contribution >= 4 is 12.0 Å². The molecule has 0 spiro atoms. The van der Waals surface area contributed by atoms with Gasteiger partial charge in [-0.2, -0.15) is 0 Å². The van der Waals surface area contributed by atoms with Gasteiger partial charge in [-0.1, -0.05) is 12.1 Å². The average molecular weight is 455 g/mol. The van der Waals surface area contributed by atoms with Crippen molar-refractivity contribution in [3.63, 3.8) is 0 Å². The predicted molar refractivity (Wildman–Crippen MR) is 121 cm³/mol. The number of nitrogens with one attached hydrogen (secondary N) is 1. The molecule has 1 aromatic heterocycles. The lowest BCUT2D eigenvalue weighted by Gasteiger charge is -2.16. The topological polar surface area (TPSA) is 97.8 Å². The molecule has 3 rings (SSSR count). The van der Waals surface area contributed by atoms with Crippen LogP contribution in [0.15, 0.2) is 53.8 Å². The second kappa shape index (κ2) is 10.2. The van der Waals surface area contributed by atoms with Crippen LogP contribution in [0.5, 0.6) is 5.75 Å². The van der Waals surface area contributed by atoms with Crippen molar-refractivity contribution in [3.05, 3.63) is 82.5 Å². The summed E-state index contributed by atoms with van der Waals surface area (Å²) in [5, 5.41) is 12.0. The first-order valence-electron chi connectivity index (χ1n) is 10.5. The summed E-state index contributed by atoms with van der Waals surface area (Å²) in [4.78, 5) is 27.7. The molecule has 174 valence electrons. The Bertz CT molecular complexity index is 1250. The summed E-state index contributed by atoms with van der Waals surface area (Å²) in [6.07, 6.45) is 2.13. The number of rotatable bonds is 7. The standard InChI is InChI=1S/C24H27FN4O4/c1-5-33-20-12-17(14-29-9-8-28(4)23(29)27-24(31)32)11-19(13-20)22(30)26-16(3)18-6-7-21(25)15(2)10-18/h6-13,16H,5,14H2,1-4H3,(H,26,30)(H,31,32). The SMILES string of the molecule is CCOc1cc(Cn2ccn(C)c2=NC(=O)O)cc(C(=O)NC(C)c2ccc(F)c(C)c2)c1. The fraction of sp³-hybridized carbons (Fsp3) is 0.292. The van der Waals surface area contributed by atoms with Gasteiger partial charge < -0.3 is 24.3 Å². The molecular weight excluding hydrogens is 427 g/mol. The number of carbonyl (C=O) groups is 2. The van der Waals surface area contributed by atoms with E-state index in [1.807, 2.05) is 13.8 Å². The van der Waals surface area contributed by atoms with E-state index in [-0.39, 0.29) is 23.4 Å². The second-order valence-electron chi connectivity index (χ2n) is 7.73. The third kappa shape index (κ3) is 5.88. The lowest BCUT2D eigenvalue weighted by atomic mass is 10.0. The van der Waals surface area contributed by atoms with Crippen molar-refractivity contribution in [3.8, 4) is 5.75 Å². The molecule has 33 heavy (non-hydrogen) atoms. The van der Waals surface area contributed by atoms with Crippen LogP contribution in [0, 0.1) is 12.7 Å². The fourth-order valence-corrected chi connectivity index (χ4v) is 3.50. The highest BCUT2D eigenvalue weighted by atomic mass is 19.1. The van der Waals surface area contributed by atoms with Crippen LogP contribution >= 0.6 is 0 Å². The summed E-state index contributed by atoms with van der Waals surface area (Å²) in [6, 6.07) is 9.60. The van der Waals surface area contributed by atoms with E-state index in [4.69, 9.17) is 9.84 Å². The maximum absolute atomic E-state index is 13.6. The quantitative estimate of drug-likeness (QED) is 0.568. The van der Waals surface area contributed by atoms with Gasteiger partial charge in [0.25, 0.3) is 5.91 Å². The number of ether oxygens (including phenoxy) is 1. The first-order valence-corrected chi connectivity index (χ1v) is 10.5. The van der Waals surface area contributed by atoms with Gasteiger partial charge in [0.1, 0.15) is 11.6 Å². The summed E-state index contributed by atoms with van der Waals surface area (Å²) in [5.41, 5.74) is 2.71. The molecule has 1 atom stereocenters. The zero-order chi connectivity index (χ0) is 24.1. The van der Waals surface area contributed by atoms with Crippen molar-refractivity contribution in [2.75, 3.05) is 6.61 Å². The Hall–Kier alpha value is -3.88. The van der Waals surface area contributed by atoms with Crippen molar-refractivity contribution < 1.29 is 23.8 Å². The number of aromatic nitrogens is 2. The van der Waals surface area contributed by atoms with E-state index in [9.17, 15) is 14.0 Å². The van der Waals surface area contributed by atoms with Crippen molar-refractivity contribution in [2.45, 2.75) is 33.4 Å². The van der Waals surface area contributed by atoms with Crippen LogP contribution in [0.4, 0.5) is 9.18 Å². The van der Waals surface area contributed by atoms with Crippen LogP contribution in [0.1, 0.15) is 46.9 Å². The van der Waals surface area contributed by atoms with Crippen LogP contribution in [0.2, 0.25) is 0 Å². The minimum Gasteiger partial charge on any atom is -0.494 e. The van der Waals surface area contributed by atoms with Gasteiger partial charge in [0.2, 0.25) is 5.62 Å². The number of imidazole rings is 1. The molecule has 1 heterocycles. The molecule has 0 saturated heterocycles. The summed E-state index contributed by atoms with van der Waals surface area (Å²) >= 11 is 0. The lowest BCUT2D eigenvalue weighted by molar-refractivity contribution is 0.0939. The molecule has 0 saturated carbocycles. The summed E-state index contributed by atoms with van der Waals surface area (Å²) in [7, 11) is 1.70. The van der Waals surface area contributed by atoms with Gasteiger partial charge in [-0.3, -0.25) is 4.79 Å². The molecule has 0 aliphatic carbocycles. The van der Waals surface area contributed by atoms with E-state index in [0.717, 1.165) is 11.1 Å². The largest absolute Gasteiger partial charge is 0.494 e. The summed E-state index contributed by atoms with van der Waals surface area (Å²) in [6.45, 7) is 6.07. The molecule has 0 aliphatic heterocycles. The van der Waals surface area contributed by atoms with Crippen LogP contribution < -0.4 is 15.7 Å². The average Bonchev–Trinajstić information content (AvgIpc) is 3.08. The first-order chi connectivity index (χ1) is 15.7. The molecule has 1 unspecified atom stereocenters. The summed E-state index contributed by atoms with van der Waals surface area (Å²) in [5.74, 6) is -0.0711. The van der Waals surface area contributed by atoms with Crippen LogP contribution in [0.25, 0.3) is 0 Å². The van der Waals surface area contributed by atoms with E-state index >= 15 is 0 Å². The molecule has 2 aromatic carbocycles. The molecule has 3 aromatic rings. The Morgan fingerprint density at radius 3 is 2.64 bits per heavy atom. The van der Waals surface area contributed by atoms with Gasteiger partial charge in [-0.05, 0) is 61.7 Å². The Morgan fingerprint density at radius 1 is 1.21 bits per heavy atom. The minimum absolute atomic E-state index is 0.260. The zero-order valence-electron chi connectivity index (χ0n) is 19.0. The smallest absolute Gasteiger partial charge is 0.434 e. The summed E-state index contributed by atoms with van der Waals surface area (Å²) < 4.78 is 22.5. The van der Waals surface area contributed by atoms with Crippen LogP contribution in [0.3, 0.4) is 0 Å². The third-order valence-electron chi connectivity index (χ3n) is 5.16. The van der Waals surface area contributed by atoms with Gasteiger partial charge in [-0.25, -0.2) is 9.18 Å². The van der Waals surface area contributed by atoms with E-state index in [1.165, 1.54) is 6.07 Å². The minimum atomic E-state index is -1.29.